The van der Waals surface area contributed by atoms with E-state index in [4.69, 9.17) is 9.26 Å². The third kappa shape index (κ3) is 5.08. The Hall–Kier alpha value is -0.940. The number of nitrogens with one attached hydrogen (secondary N) is 1. The van der Waals surface area contributed by atoms with Gasteiger partial charge in [0.25, 0.3) is 0 Å². The minimum Gasteiger partial charge on any atom is -0.378 e. The van der Waals surface area contributed by atoms with E-state index >= 15 is 0 Å². The Balaban J connectivity index is 1.92. The van der Waals surface area contributed by atoms with Crippen LogP contribution >= 0.6 is 0 Å². The van der Waals surface area contributed by atoms with Crippen molar-refractivity contribution in [2.24, 2.45) is 5.41 Å². The monoisotopic (exact) mass is 295 g/mol. The van der Waals surface area contributed by atoms with E-state index in [0.717, 1.165) is 44.1 Å². The van der Waals surface area contributed by atoms with Crippen LogP contribution in [0.25, 0.3) is 0 Å². The third-order valence-corrected chi connectivity index (χ3v) is 4.07. The van der Waals surface area contributed by atoms with Gasteiger partial charge in [-0.1, -0.05) is 32.9 Å². The van der Waals surface area contributed by atoms with E-state index < -0.39 is 0 Å². The molecule has 1 aliphatic rings. The molecule has 0 spiro atoms. The van der Waals surface area contributed by atoms with E-state index in [-0.39, 0.29) is 11.5 Å². The van der Waals surface area contributed by atoms with Gasteiger partial charge in [-0.15, -0.1) is 0 Å². The highest BCUT2D eigenvalue weighted by atomic mass is 16.5. The first kappa shape index (κ1) is 16.4. The van der Waals surface area contributed by atoms with E-state index in [1.165, 1.54) is 12.8 Å². The summed E-state index contributed by atoms with van der Waals surface area (Å²) in [6.07, 6.45) is 5.31. The molecular weight excluding hydrogens is 266 g/mol. The van der Waals surface area contributed by atoms with Crippen molar-refractivity contribution in [3.8, 4) is 0 Å². The molecule has 1 fully saturated rings. The molecule has 2 rings (SSSR count). The van der Waals surface area contributed by atoms with Gasteiger partial charge in [0.05, 0.1) is 6.10 Å². The second-order valence-corrected chi connectivity index (χ2v) is 6.98. The summed E-state index contributed by atoms with van der Waals surface area (Å²) in [5.74, 6) is 1.50. The molecule has 0 radical (unpaired) electrons. The Morgan fingerprint density at radius 3 is 2.76 bits per heavy atom. The fraction of sp³-hybridized carbons (Fsp3) is 0.875. The molecule has 0 amide bonds. The number of ether oxygens (including phenoxy) is 1. The lowest BCUT2D eigenvalue weighted by molar-refractivity contribution is 0.0153. The van der Waals surface area contributed by atoms with Crippen LogP contribution in [0.1, 0.15) is 58.7 Å². The molecule has 0 saturated carbocycles. The van der Waals surface area contributed by atoms with Crippen LogP contribution in [-0.2, 0) is 17.6 Å². The SMILES string of the molecule is CCNC(Cc1nc(CC2CCCCO2)no1)C(C)(C)C. The summed E-state index contributed by atoms with van der Waals surface area (Å²) >= 11 is 0. The van der Waals surface area contributed by atoms with Crippen LogP contribution in [0.2, 0.25) is 0 Å². The quantitative estimate of drug-likeness (QED) is 0.874. The highest BCUT2D eigenvalue weighted by Gasteiger charge is 2.26. The second kappa shape index (κ2) is 7.36. The Labute approximate surface area is 127 Å². The molecule has 5 nitrogen and oxygen atoms in total. The van der Waals surface area contributed by atoms with Crippen molar-refractivity contribution in [2.45, 2.75) is 71.9 Å². The van der Waals surface area contributed by atoms with Gasteiger partial charge in [0, 0.05) is 25.5 Å². The minimum atomic E-state index is 0.164. The van der Waals surface area contributed by atoms with Crippen LogP contribution in [0.3, 0.4) is 0 Å². The van der Waals surface area contributed by atoms with Gasteiger partial charge in [0.1, 0.15) is 0 Å². The molecule has 1 aromatic rings. The Bertz CT molecular complexity index is 419. The molecule has 2 atom stereocenters. The van der Waals surface area contributed by atoms with Gasteiger partial charge < -0.3 is 14.6 Å². The Morgan fingerprint density at radius 2 is 2.14 bits per heavy atom. The first-order chi connectivity index (χ1) is 9.99. The fourth-order valence-corrected chi connectivity index (χ4v) is 2.73. The lowest BCUT2D eigenvalue weighted by Gasteiger charge is -2.30. The van der Waals surface area contributed by atoms with Gasteiger partial charge in [-0.25, -0.2) is 0 Å². The smallest absolute Gasteiger partial charge is 0.228 e. The average Bonchev–Trinajstić information content (AvgIpc) is 2.86. The topological polar surface area (TPSA) is 60.2 Å². The van der Waals surface area contributed by atoms with Crippen molar-refractivity contribution in [1.29, 1.82) is 0 Å². The van der Waals surface area contributed by atoms with E-state index in [1.807, 2.05) is 0 Å². The van der Waals surface area contributed by atoms with Crippen LogP contribution in [0, 0.1) is 5.41 Å². The molecule has 21 heavy (non-hydrogen) atoms. The molecule has 2 heterocycles. The largest absolute Gasteiger partial charge is 0.378 e. The Morgan fingerprint density at radius 1 is 1.33 bits per heavy atom. The van der Waals surface area contributed by atoms with Gasteiger partial charge in [-0.3, -0.25) is 0 Å². The molecule has 1 N–H and O–H groups in total. The molecule has 120 valence electrons. The maximum absolute atomic E-state index is 5.73. The van der Waals surface area contributed by atoms with Crippen molar-refractivity contribution >= 4 is 0 Å². The zero-order valence-corrected chi connectivity index (χ0v) is 13.8. The second-order valence-electron chi connectivity index (χ2n) is 6.98. The first-order valence-electron chi connectivity index (χ1n) is 8.15. The molecule has 0 aromatic carbocycles. The fourth-order valence-electron chi connectivity index (χ4n) is 2.73. The van der Waals surface area contributed by atoms with Gasteiger partial charge in [0.2, 0.25) is 5.89 Å². The van der Waals surface area contributed by atoms with Crippen LogP contribution < -0.4 is 5.32 Å². The summed E-state index contributed by atoms with van der Waals surface area (Å²) in [6.45, 7) is 10.6. The standard InChI is InChI=1S/C16H29N3O2/c1-5-17-13(16(2,3)4)11-15-18-14(19-21-15)10-12-8-6-7-9-20-12/h12-13,17H,5-11H2,1-4H3. The van der Waals surface area contributed by atoms with Crippen molar-refractivity contribution in [1.82, 2.24) is 15.5 Å². The molecule has 1 aliphatic heterocycles. The molecule has 0 bridgehead atoms. The number of hydrogen-bond donors (Lipinski definition) is 1. The van der Waals surface area contributed by atoms with Crippen LogP contribution in [0.15, 0.2) is 4.52 Å². The van der Waals surface area contributed by atoms with E-state index in [0.29, 0.717) is 6.04 Å². The number of aromatic nitrogens is 2. The maximum atomic E-state index is 5.73. The van der Waals surface area contributed by atoms with Crippen LogP contribution in [0.5, 0.6) is 0 Å². The van der Waals surface area contributed by atoms with Crippen LogP contribution in [-0.4, -0.2) is 35.4 Å². The number of hydrogen-bond acceptors (Lipinski definition) is 5. The van der Waals surface area contributed by atoms with Crippen molar-refractivity contribution in [3.05, 3.63) is 11.7 Å². The van der Waals surface area contributed by atoms with Crippen molar-refractivity contribution < 1.29 is 9.26 Å². The summed E-state index contributed by atoms with van der Waals surface area (Å²) in [7, 11) is 0. The van der Waals surface area contributed by atoms with Gasteiger partial charge in [-0.05, 0) is 31.2 Å². The molecule has 2 unspecified atom stereocenters. The van der Waals surface area contributed by atoms with Crippen molar-refractivity contribution in [2.75, 3.05) is 13.2 Å². The molecule has 5 heteroatoms. The first-order valence-corrected chi connectivity index (χ1v) is 8.15. The van der Waals surface area contributed by atoms with Crippen LogP contribution in [0.4, 0.5) is 0 Å². The summed E-state index contributed by atoms with van der Waals surface area (Å²) in [5, 5.41) is 7.62. The number of nitrogens with zero attached hydrogens (tertiary/aromatic N) is 2. The number of likely N-dealkylation sites (N-methyl/N-ethyl adjacent to an activating group) is 1. The predicted molar refractivity (Wildman–Crippen MR) is 82.2 cm³/mol. The highest BCUT2D eigenvalue weighted by Crippen LogP contribution is 2.22. The van der Waals surface area contributed by atoms with Crippen molar-refractivity contribution in [3.63, 3.8) is 0 Å². The maximum Gasteiger partial charge on any atom is 0.228 e. The minimum absolute atomic E-state index is 0.164. The normalized spacial score (nSPS) is 21.4. The van der Waals surface area contributed by atoms with E-state index in [2.05, 4.69) is 43.2 Å². The molecular formula is C16H29N3O2. The third-order valence-electron chi connectivity index (χ3n) is 4.07. The summed E-state index contributed by atoms with van der Waals surface area (Å²) < 4.78 is 11.2. The summed E-state index contributed by atoms with van der Waals surface area (Å²) in [4.78, 5) is 4.54. The highest BCUT2D eigenvalue weighted by molar-refractivity contribution is 4.94. The lowest BCUT2D eigenvalue weighted by Crippen LogP contribution is -2.41. The predicted octanol–water partition coefficient (Wildman–Crippen LogP) is 2.75. The average molecular weight is 295 g/mol. The van der Waals surface area contributed by atoms with Gasteiger partial charge in [0.15, 0.2) is 5.82 Å². The summed E-state index contributed by atoms with van der Waals surface area (Å²) in [6, 6.07) is 0.335. The molecule has 1 aromatic heterocycles. The lowest BCUT2D eigenvalue weighted by atomic mass is 9.84. The molecule has 1 saturated heterocycles. The Kier molecular flexibility index (Phi) is 5.76. The zero-order valence-electron chi connectivity index (χ0n) is 13.8. The molecule has 0 aliphatic carbocycles. The van der Waals surface area contributed by atoms with Gasteiger partial charge in [-0.2, -0.15) is 4.98 Å². The zero-order chi connectivity index (χ0) is 15.3. The van der Waals surface area contributed by atoms with E-state index in [9.17, 15) is 0 Å². The summed E-state index contributed by atoms with van der Waals surface area (Å²) in [5.41, 5.74) is 0.164. The number of rotatable bonds is 6. The van der Waals surface area contributed by atoms with Gasteiger partial charge >= 0.3 is 0 Å². The van der Waals surface area contributed by atoms with E-state index in [1.54, 1.807) is 0 Å².